The number of benzene rings is 8. The lowest BCUT2D eigenvalue weighted by Crippen LogP contribution is -2.39. The van der Waals surface area contributed by atoms with Crippen molar-refractivity contribution < 1.29 is 0 Å². The van der Waals surface area contributed by atoms with E-state index in [-0.39, 0.29) is 0 Å². The van der Waals surface area contributed by atoms with Gasteiger partial charge in [0, 0.05) is 5.92 Å². The Morgan fingerprint density at radius 3 is 1.69 bits per heavy atom. The summed E-state index contributed by atoms with van der Waals surface area (Å²) in [5.74, 6) is 0.817. The quantitative estimate of drug-likeness (QED) is 0.177. The molecule has 2 unspecified atom stereocenters. The van der Waals surface area contributed by atoms with E-state index in [2.05, 4.69) is 183 Å². The molecule has 0 saturated heterocycles. The summed E-state index contributed by atoms with van der Waals surface area (Å²) in [6.45, 7) is 2.39. The van der Waals surface area contributed by atoms with Crippen LogP contribution in [-0.2, 0) is 0 Å². The van der Waals surface area contributed by atoms with E-state index >= 15 is 0 Å². The van der Waals surface area contributed by atoms with Gasteiger partial charge >= 0.3 is 0 Å². The molecular weight excluding hydrogens is 625 g/mol. The molecule has 0 bridgehead atoms. The summed E-state index contributed by atoms with van der Waals surface area (Å²) in [5, 5.41) is 12.9. The third-order valence-corrected chi connectivity index (χ3v) is 11.9. The van der Waals surface area contributed by atoms with Crippen molar-refractivity contribution in [3.05, 3.63) is 191 Å². The normalized spacial score (nSPS) is 17.5. The molecule has 0 amide bonds. The molecule has 0 fully saturated rings. The standard InChI is InChI=1S/C52H36/c1-32-17-18-43-31-48-50(41-23-20-34-10-3-6-13-37(34)28-41)47-30-40(39-22-19-33-9-2-5-12-36(33)27-39)25-26-45(47)51(52(48)46-16-8-15-44(32)49(43)46)42-24-21-35-11-4-7-14-38(35)29-42/h2-16,18-32,49H,17H2,1H3. The van der Waals surface area contributed by atoms with Crippen molar-refractivity contribution in [2.75, 3.05) is 0 Å². The minimum atomic E-state index is 0.291. The van der Waals surface area contributed by atoms with Crippen LogP contribution in [0.2, 0.25) is 0 Å². The van der Waals surface area contributed by atoms with Crippen LogP contribution in [0.3, 0.4) is 0 Å². The molecule has 0 aromatic heterocycles. The van der Waals surface area contributed by atoms with E-state index in [1.54, 1.807) is 5.57 Å². The highest BCUT2D eigenvalue weighted by molar-refractivity contribution is 6.10. The van der Waals surface area contributed by atoms with Crippen molar-refractivity contribution >= 4 is 54.7 Å². The van der Waals surface area contributed by atoms with Crippen molar-refractivity contribution in [3.63, 3.8) is 0 Å². The highest BCUT2D eigenvalue weighted by Crippen LogP contribution is 2.45. The minimum absolute atomic E-state index is 0.291. The lowest BCUT2D eigenvalue weighted by molar-refractivity contribution is 0.609. The van der Waals surface area contributed by atoms with Crippen LogP contribution in [0, 0.1) is 11.8 Å². The Labute approximate surface area is 303 Å². The molecule has 11 rings (SSSR count). The summed E-state index contributed by atoms with van der Waals surface area (Å²) in [6.07, 6.45) is 13.3. The third kappa shape index (κ3) is 4.47. The highest BCUT2D eigenvalue weighted by atomic mass is 14.4. The van der Waals surface area contributed by atoms with Crippen LogP contribution in [0.5, 0.6) is 0 Å². The van der Waals surface area contributed by atoms with Crippen LogP contribution in [0.1, 0.15) is 13.3 Å². The zero-order valence-electron chi connectivity index (χ0n) is 29.1. The maximum absolute atomic E-state index is 2.56. The molecule has 0 radical (unpaired) electrons. The van der Waals surface area contributed by atoms with Crippen LogP contribution in [-0.4, -0.2) is 0 Å². The van der Waals surface area contributed by atoms with Crippen LogP contribution >= 0.6 is 0 Å². The highest BCUT2D eigenvalue weighted by Gasteiger charge is 2.33. The average Bonchev–Trinajstić information content (AvgIpc) is 3.20. The first-order chi connectivity index (χ1) is 25.7. The van der Waals surface area contributed by atoms with Gasteiger partial charge in [0.1, 0.15) is 0 Å². The molecule has 0 nitrogen and oxygen atoms in total. The SMILES string of the molecule is CC1CC=C2C=c3c(-c4ccc5ccccc5c4)c4cc(-c5ccc6ccccc6c5)ccc4c(-c4ccc5ccccc5c4)c3=C3C=CC=C1C23. The van der Waals surface area contributed by atoms with Gasteiger partial charge in [-0.25, -0.2) is 0 Å². The fraction of sp³-hybridized carbons (Fsp3) is 0.0769. The summed E-state index contributed by atoms with van der Waals surface area (Å²) < 4.78 is 0. The molecule has 2 atom stereocenters. The van der Waals surface area contributed by atoms with Crippen molar-refractivity contribution in [1.29, 1.82) is 0 Å². The van der Waals surface area contributed by atoms with E-state index < -0.39 is 0 Å². The number of rotatable bonds is 3. The first-order valence-electron chi connectivity index (χ1n) is 18.6. The lowest BCUT2D eigenvalue weighted by Gasteiger charge is -2.36. The Morgan fingerprint density at radius 1 is 0.500 bits per heavy atom. The van der Waals surface area contributed by atoms with Gasteiger partial charge in [0.05, 0.1) is 0 Å². The molecule has 0 N–H and O–H groups in total. The summed E-state index contributed by atoms with van der Waals surface area (Å²) >= 11 is 0. The molecule has 0 aliphatic heterocycles. The molecule has 3 aliphatic carbocycles. The van der Waals surface area contributed by atoms with E-state index in [1.165, 1.54) is 98.1 Å². The Bertz CT molecular complexity index is 3060. The Morgan fingerprint density at radius 2 is 1.04 bits per heavy atom. The first kappa shape index (κ1) is 29.5. The molecule has 0 saturated carbocycles. The summed E-state index contributed by atoms with van der Waals surface area (Å²) in [7, 11) is 0. The van der Waals surface area contributed by atoms with E-state index in [0.717, 1.165) is 6.42 Å². The van der Waals surface area contributed by atoms with Crippen LogP contribution in [0.15, 0.2) is 181 Å². The molecule has 0 spiro atoms. The maximum Gasteiger partial charge on any atom is 0.0308 e. The van der Waals surface area contributed by atoms with Crippen molar-refractivity contribution in [3.8, 4) is 33.4 Å². The van der Waals surface area contributed by atoms with Gasteiger partial charge in [-0.1, -0.05) is 158 Å². The van der Waals surface area contributed by atoms with Gasteiger partial charge in [0.2, 0.25) is 0 Å². The second-order valence-corrected chi connectivity index (χ2v) is 14.9. The topological polar surface area (TPSA) is 0 Å². The fourth-order valence-electron chi connectivity index (χ4n) is 9.36. The Kier molecular flexibility index (Phi) is 6.46. The first-order valence-corrected chi connectivity index (χ1v) is 18.6. The summed E-state index contributed by atoms with van der Waals surface area (Å²) in [4.78, 5) is 0. The molecule has 0 heterocycles. The van der Waals surface area contributed by atoms with Gasteiger partial charge < -0.3 is 0 Å². The fourth-order valence-corrected chi connectivity index (χ4v) is 9.36. The van der Waals surface area contributed by atoms with E-state index in [0.29, 0.717) is 11.8 Å². The van der Waals surface area contributed by atoms with Crippen molar-refractivity contribution in [2.45, 2.75) is 13.3 Å². The van der Waals surface area contributed by atoms with Gasteiger partial charge in [0.25, 0.3) is 0 Å². The monoisotopic (exact) mass is 660 g/mol. The van der Waals surface area contributed by atoms with Gasteiger partial charge in [-0.3, -0.25) is 0 Å². The van der Waals surface area contributed by atoms with Gasteiger partial charge in [-0.15, -0.1) is 0 Å². The smallest absolute Gasteiger partial charge is 0.0308 e. The lowest BCUT2D eigenvalue weighted by atomic mass is 9.68. The zero-order chi connectivity index (χ0) is 34.3. The van der Waals surface area contributed by atoms with Gasteiger partial charge in [-0.2, -0.15) is 0 Å². The van der Waals surface area contributed by atoms with E-state index in [4.69, 9.17) is 0 Å². The molecule has 8 aromatic rings. The van der Waals surface area contributed by atoms with Crippen LogP contribution in [0.4, 0.5) is 0 Å². The second kappa shape index (κ2) is 11.4. The zero-order valence-corrected chi connectivity index (χ0v) is 29.1. The van der Waals surface area contributed by atoms with Gasteiger partial charge in [-0.05, 0) is 141 Å². The number of hydrogen-bond acceptors (Lipinski definition) is 0. The predicted molar refractivity (Wildman–Crippen MR) is 222 cm³/mol. The third-order valence-electron chi connectivity index (χ3n) is 11.9. The van der Waals surface area contributed by atoms with E-state index in [9.17, 15) is 0 Å². The number of fused-ring (bicyclic) bond motifs is 5. The molecule has 52 heavy (non-hydrogen) atoms. The average molecular weight is 661 g/mol. The number of allylic oxidation sites excluding steroid dienone is 6. The van der Waals surface area contributed by atoms with E-state index in [1.807, 2.05) is 0 Å². The molecular formula is C52H36. The summed E-state index contributed by atoms with van der Waals surface area (Å²) in [6, 6.07) is 54.4. The predicted octanol–water partition coefficient (Wildman–Crippen LogP) is 12.3. The molecule has 3 aliphatic rings. The summed E-state index contributed by atoms with van der Waals surface area (Å²) in [5.41, 5.74) is 12.1. The van der Waals surface area contributed by atoms with Crippen LogP contribution in [0.25, 0.3) is 88.1 Å². The van der Waals surface area contributed by atoms with Crippen molar-refractivity contribution in [2.24, 2.45) is 11.8 Å². The molecule has 8 aromatic carbocycles. The minimum Gasteiger partial charge on any atom is -0.0798 e. The van der Waals surface area contributed by atoms with Gasteiger partial charge in [0.15, 0.2) is 0 Å². The van der Waals surface area contributed by atoms with Crippen molar-refractivity contribution in [1.82, 2.24) is 0 Å². The largest absolute Gasteiger partial charge is 0.0798 e. The Balaban J connectivity index is 1.32. The number of hydrogen-bond donors (Lipinski definition) is 0. The maximum atomic E-state index is 2.56. The second-order valence-electron chi connectivity index (χ2n) is 14.9. The Hall–Kier alpha value is -6.24. The molecule has 0 heteroatoms. The molecule has 244 valence electrons. The van der Waals surface area contributed by atoms with Crippen LogP contribution < -0.4 is 10.4 Å².